The zero-order chi connectivity index (χ0) is 23.3. The Morgan fingerprint density at radius 1 is 1.31 bits per heavy atom. The molecule has 2 heterocycles. The van der Waals surface area contributed by atoms with E-state index < -0.39 is 29.3 Å². The maximum absolute atomic E-state index is 13.4. The van der Waals surface area contributed by atoms with Crippen molar-refractivity contribution in [2.24, 2.45) is 0 Å². The third-order valence-corrected chi connectivity index (χ3v) is 5.93. The van der Waals surface area contributed by atoms with Crippen LogP contribution in [0.15, 0.2) is 35.7 Å². The number of thiophene rings is 1. The molecule has 1 aromatic heterocycles. The van der Waals surface area contributed by atoms with E-state index in [9.17, 15) is 22.8 Å². The van der Waals surface area contributed by atoms with Gasteiger partial charge in [-0.15, -0.1) is 11.3 Å². The van der Waals surface area contributed by atoms with E-state index in [1.165, 1.54) is 29.4 Å². The van der Waals surface area contributed by atoms with E-state index in [1.807, 2.05) is 0 Å². The van der Waals surface area contributed by atoms with Gasteiger partial charge in [0.2, 0.25) is 5.91 Å². The largest absolute Gasteiger partial charge is 0.417 e. The number of hydrogen-bond acceptors (Lipinski definition) is 6. The summed E-state index contributed by atoms with van der Waals surface area (Å²) < 4.78 is 45.1. The molecule has 32 heavy (non-hydrogen) atoms. The maximum Gasteiger partial charge on any atom is 0.417 e. The molecule has 3 rings (SSSR count). The minimum atomic E-state index is -4.69. The zero-order valence-electron chi connectivity index (χ0n) is 17.2. The Labute approximate surface area is 187 Å². The van der Waals surface area contributed by atoms with Gasteiger partial charge in [0.1, 0.15) is 6.04 Å². The molecule has 1 fully saturated rings. The van der Waals surface area contributed by atoms with Gasteiger partial charge < -0.3 is 19.9 Å². The van der Waals surface area contributed by atoms with Crippen molar-refractivity contribution >= 4 is 28.8 Å². The topological polar surface area (TPSA) is 85.7 Å². The molecule has 0 saturated carbocycles. The Morgan fingerprint density at radius 2 is 2.09 bits per heavy atom. The molecule has 170 valence electrons. The predicted octanol–water partition coefficient (Wildman–Crippen LogP) is 2.73. The fourth-order valence-electron chi connectivity index (χ4n) is 3.48. The van der Waals surface area contributed by atoms with Crippen molar-refractivity contribution in [3.63, 3.8) is 0 Å². The second kappa shape index (κ2) is 10.0. The second-order valence-corrected chi connectivity index (χ2v) is 8.01. The quantitative estimate of drug-likeness (QED) is 0.662. The molecule has 1 unspecified atom stereocenters. The summed E-state index contributed by atoms with van der Waals surface area (Å²) in [7, 11) is 1.49. The summed E-state index contributed by atoms with van der Waals surface area (Å²) in [6.45, 7) is 0.926. The standard InChI is InChI=1S/C21H21F3N4O3S/c1-31-9-6-26-19(29)17-13-27(7-8-28(17)20(30)18-3-2-10-32-18)15-5-4-14(12-25)16(11-15)21(22,23)24/h2-5,10-11,17H,6-9,13H2,1H3,(H,26,29). The molecule has 1 aromatic carbocycles. The van der Waals surface area contributed by atoms with Crippen molar-refractivity contribution in [2.75, 3.05) is 44.8 Å². The van der Waals surface area contributed by atoms with E-state index in [1.54, 1.807) is 28.5 Å². The van der Waals surface area contributed by atoms with Gasteiger partial charge in [-0.1, -0.05) is 6.07 Å². The molecule has 0 radical (unpaired) electrons. The minimum absolute atomic E-state index is 0.0130. The Balaban J connectivity index is 1.87. The number of benzene rings is 1. The first-order chi connectivity index (χ1) is 15.3. The van der Waals surface area contributed by atoms with Gasteiger partial charge in [-0.2, -0.15) is 18.4 Å². The molecule has 1 saturated heterocycles. The Hall–Kier alpha value is -3.10. The van der Waals surface area contributed by atoms with Crippen molar-refractivity contribution in [1.82, 2.24) is 10.2 Å². The van der Waals surface area contributed by atoms with Crippen LogP contribution in [0.4, 0.5) is 18.9 Å². The minimum Gasteiger partial charge on any atom is -0.383 e. The molecule has 1 aliphatic heterocycles. The number of ether oxygens (including phenoxy) is 1. The first-order valence-electron chi connectivity index (χ1n) is 9.73. The van der Waals surface area contributed by atoms with Crippen molar-refractivity contribution in [3.05, 3.63) is 51.7 Å². The highest BCUT2D eigenvalue weighted by atomic mass is 32.1. The molecule has 0 aliphatic carbocycles. The van der Waals surface area contributed by atoms with Crippen LogP contribution in [0, 0.1) is 11.3 Å². The third-order valence-electron chi connectivity index (χ3n) is 5.08. The molecule has 7 nitrogen and oxygen atoms in total. The predicted molar refractivity (Wildman–Crippen MR) is 112 cm³/mol. The van der Waals surface area contributed by atoms with Gasteiger partial charge in [0.15, 0.2) is 0 Å². The molecular weight excluding hydrogens is 445 g/mol. The van der Waals surface area contributed by atoms with E-state index in [-0.39, 0.29) is 44.4 Å². The van der Waals surface area contributed by atoms with Crippen molar-refractivity contribution in [2.45, 2.75) is 12.2 Å². The van der Waals surface area contributed by atoms with E-state index in [4.69, 9.17) is 10.00 Å². The summed E-state index contributed by atoms with van der Waals surface area (Å²) in [6.07, 6.45) is -4.69. The lowest BCUT2D eigenvalue weighted by atomic mass is 10.0. The van der Waals surface area contributed by atoms with Crippen LogP contribution in [0.25, 0.3) is 0 Å². The van der Waals surface area contributed by atoms with Gasteiger partial charge in [0, 0.05) is 39.0 Å². The van der Waals surface area contributed by atoms with E-state index in [0.29, 0.717) is 4.88 Å². The summed E-state index contributed by atoms with van der Waals surface area (Å²) in [6, 6.07) is 7.51. The van der Waals surface area contributed by atoms with E-state index >= 15 is 0 Å². The van der Waals surface area contributed by atoms with Crippen molar-refractivity contribution < 1.29 is 27.5 Å². The highest BCUT2D eigenvalue weighted by Crippen LogP contribution is 2.35. The van der Waals surface area contributed by atoms with Crippen LogP contribution in [-0.2, 0) is 15.7 Å². The summed E-state index contributed by atoms with van der Waals surface area (Å²) in [4.78, 5) is 29.3. The average Bonchev–Trinajstić information content (AvgIpc) is 3.32. The summed E-state index contributed by atoms with van der Waals surface area (Å²) >= 11 is 1.25. The van der Waals surface area contributed by atoms with Crippen LogP contribution < -0.4 is 10.2 Å². The van der Waals surface area contributed by atoms with E-state index in [2.05, 4.69) is 5.32 Å². The highest BCUT2D eigenvalue weighted by molar-refractivity contribution is 7.12. The van der Waals surface area contributed by atoms with Gasteiger partial charge in [0.05, 0.1) is 28.7 Å². The number of rotatable bonds is 6. The molecule has 0 spiro atoms. The Morgan fingerprint density at radius 3 is 2.72 bits per heavy atom. The van der Waals surface area contributed by atoms with Crippen LogP contribution >= 0.6 is 11.3 Å². The molecule has 2 aromatic rings. The van der Waals surface area contributed by atoms with Gasteiger partial charge in [-0.3, -0.25) is 9.59 Å². The SMILES string of the molecule is COCCNC(=O)C1CN(c2ccc(C#N)c(C(F)(F)F)c2)CCN1C(=O)c1cccs1. The summed E-state index contributed by atoms with van der Waals surface area (Å²) in [5.74, 6) is -0.719. The van der Waals surface area contributed by atoms with Crippen LogP contribution in [0.5, 0.6) is 0 Å². The van der Waals surface area contributed by atoms with Gasteiger partial charge in [-0.05, 0) is 29.6 Å². The first kappa shape index (κ1) is 23.6. The number of nitrogens with one attached hydrogen (secondary N) is 1. The number of nitriles is 1. The average molecular weight is 466 g/mol. The van der Waals surface area contributed by atoms with Crippen LogP contribution in [0.1, 0.15) is 20.8 Å². The van der Waals surface area contributed by atoms with Crippen molar-refractivity contribution in [3.8, 4) is 6.07 Å². The number of nitrogens with zero attached hydrogens (tertiary/aromatic N) is 3. The third kappa shape index (κ3) is 5.20. The first-order valence-corrected chi connectivity index (χ1v) is 10.6. The molecule has 2 amide bonds. The number of alkyl halides is 3. The van der Waals surface area contributed by atoms with Crippen LogP contribution in [0.2, 0.25) is 0 Å². The molecule has 1 atom stereocenters. The molecule has 1 N–H and O–H groups in total. The monoisotopic (exact) mass is 466 g/mol. The number of anilines is 1. The summed E-state index contributed by atoms with van der Waals surface area (Å²) in [5.41, 5.74) is -1.27. The van der Waals surface area contributed by atoms with Crippen molar-refractivity contribution in [1.29, 1.82) is 5.26 Å². The van der Waals surface area contributed by atoms with Gasteiger partial charge in [-0.25, -0.2) is 0 Å². The zero-order valence-corrected chi connectivity index (χ0v) is 18.0. The summed E-state index contributed by atoms with van der Waals surface area (Å²) in [5, 5.41) is 13.5. The molecule has 1 aliphatic rings. The lowest BCUT2D eigenvalue weighted by Crippen LogP contribution is -2.61. The number of piperazine rings is 1. The number of hydrogen-bond donors (Lipinski definition) is 1. The van der Waals surface area contributed by atoms with E-state index in [0.717, 1.165) is 12.1 Å². The fourth-order valence-corrected chi connectivity index (χ4v) is 4.16. The molecule has 0 bridgehead atoms. The van der Waals surface area contributed by atoms with Crippen LogP contribution in [0.3, 0.4) is 0 Å². The maximum atomic E-state index is 13.4. The second-order valence-electron chi connectivity index (χ2n) is 7.06. The van der Waals surface area contributed by atoms with Gasteiger partial charge >= 0.3 is 6.18 Å². The number of methoxy groups -OCH3 is 1. The van der Waals surface area contributed by atoms with Gasteiger partial charge in [0.25, 0.3) is 5.91 Å². The Bertz CT molecular complexity index is 1000. The number of amides is 2. The highest BCUT2D eigenvalue weighted by Gasteiger charge is 2.38. The normalized spacial score (nSPS) is 16.5. The Kier molecular flexibility index (Phi) is 7.37. The molecule has 11 heteroatoms. The number of halogens is 3. The smallest absolute Gasteiger partial charge is 0.383 e. The van der Waals surface area contributed by atoms with Crippen LogP contribution in [-0.4, -0.2) is 62.7 Å². The number of carbonyl (C=O) groups excluding carboxylic acids is 2. The lowest BCUT2D eigenvalue weighted by Gasteiger charge is -2.41. The lowest BCUT2D eigenvalue weighted by molar-refractivity contribution is -0.137. The number of carbonyl (C=O) groups is 2. The fraction of sp³-hybridized carbons (Fsp3) is 0.381. The molecular formula is C21H21F3N4O3S.